The highest BCUT2D eigenvalue weighted by Gasteiger charge is 2.23. The number of imidazole rings is 1. The van der Waals surface area contributed by atoms with E-state index in [4.69, 9.17) is 9.84 Å². The Morgan fingerprint density at radius 3 is 2.69 bits per heavy atom. The second kappa shape index (κ2) is 7.92. The summed E-state index contributed by atoms with van der Waals surface area (Å²) in [4.78, 5) is 27.4. The van der Waals surface area contributed by atoms with Crippen molar-refractivity contribution in [3.63, 3.8) is 0 Å². The molecule has 0 unspecified atom stereocenters. The average Bonchev–Trinajstić information content (AvgIpc) is 3.11. The Labute approximate surface area is 165 Å². The summed E-state index contributed by atoms with van der Waals surface area (Å²) < 4.78 is 22.0. The molecular weight excluding hydrogens is 379 g/mol. The summed E-state index contributed by atoms with van der Waals surface area (Å²) in [6.45, 7) is 3.19. The van der Waals surface area contributed by atoms with Crippen LogP contribution in [-0.4, -0.2) is 48.8 Å². The van der Waals surface area contributed by atoms with Crippen molar-refractivity contribution in [2.45, 2.75) is 25.8 Å². The van der Waals surface area contributed by atoms with Gasteiger partial charge in [0, 0.05) is 19.3 Å². The minimum Gasteiger partial charge on any atom is -0.477 e. The average molecular weight is 398 g/mol. The van der Waals surface area contributed by atoms with E-state index in [1.54, 1.807) is 12.3 Å². The Morgan fingerprint density at radius 1 is 1.21 bits per heavy atom. The lowest BCUT2D eigenvalue weighted by molar-refractivity contribution is 0.0688. The first-order chi connectivity index (χ1) is 14.0. The number of halogens is 1. The van der Waals surface area contributed by atoms with Gasteiger partial charge in [0.25, 0.3) is 0 Å². The molecular formula is C19H19FN6O3. The van der Waals surface area contributed by atoms with Gasteiger partial charge in [0.1, 0.15) is 17.2 Å². The number of hydrogen-bond acceptors (Lipinski definition) is 7. The van der Waals surface area contributed by atoms with Crippen LogP contribution in [-0.2, 0) is 4.74 Å². The van der Waals surface area contributed by atoms with Crippen LogP contribution in [0.4, 0.5) is 16.0 Å². The number of aryl methyl sites for hydroxylation is 1. The van der Waals surface area contributed by atoms with E-state index >= 15 is 0 Å². The van der Waals surface area contributed by atoms with Crippen molar-refractivity contribution < 1.29 is 19.0 Å². The second-order valence-corrected chi connectivity index (χ2v) is 6.66. The molecule has 0 aromatic carbocycles. The van der Waals surface area contributed by atoms with Crippen LogP contribution in [0.2, 0.25) is 0 Å². The van der Waals surface area contributed by atoms with Crippen LogP contribution in [0.5, 0.6) is 0 Å². The normalized spacial score (nSPS) is 14.7. The van der Waals surface area contributed by atoms with Gasteiger partial charge in [0.15, 0.2) is 5.82 Å². The maximum atomic E-state index is 14.6. The van der Waals surface area contributed by atoms with E-state index in [-0.39, 0.29) is 23.4 Å². The van der Waals surface area contributed by atoms with Gasteiger partial charge in [-0.1, -0.05) is 0 Å². The first-order valence-corrected chi connectivity index (χ1v) is 9.14. The van der Waals surface area contributed by atoms with Gasteiger partial charge in [-0.15, -0.1) is 0 Å². The van der Waals surface area contributed by atoms with Crippen LogP contribution < -0.4 is 5.32 Å². The molecule has 0 amide bonds. The van der Waals surface area contributed by atoms with Gasteiger partial charge in [0.05, 0.1) is 30.0 Å². The number of nitrogens with one attached hydrogen (secondary N) is 1. The lowest BCUT2D eigenvalue weighted by Gasteiger charge is -2.26. The van der Waals surface area contributed by atoms with Gasteiger partial charge in [0.2, 0.25) is 5.95 Å². The van der Waals surface area contributed by atoms with Crippen LogP contribution in [0.3, 0.4) is 0 Å². The van der Waals surface area contributed by atoms with E-state index in [1.165, 1.54) is 12.3 Å². The molecule has 0 saturated carbocycles. The molecule has 150 valence electrons. The maximum absolute atomic E-state index is 14.6. The van der Waals surface area contributed by atoms with Gasteiger partial charge in [-0.25, -0.2) is 29.1 Å². The fourth-order valence-corrected chi connectivity index (χ4v) is 3.36. The minimum atomic E-state index is -1.12. The number of ether oxygens (including phenoxy) is 1. The Balaban J connectivity index is 1.65. The first kappa shape index (κ1) is 18.9. The Hall–Kier alpha value is -3.40. The van der Waals surface area contributed by atoms with Gasteiger partial charge in [-0.3, -0.25) is 0 Å². The Bertz CT molecular complexity index is 1030. The van der Waals surface area contributed by atoms with Crippen molar-refractivity contribution in [1.29, 1.82) is 0 Å². The largest absolute Gasteiger partial charge is 0.477 e. The van der Waals surface area contributed by atoms with Gasteiger partial charge in [-0.2, -0.15) is 0 Å². The van der Waals surface area contributed by atoms with E-state index in [1.807, 2.05) is 11.5 Å². The Kier molecular flexibility index (Phi) is 5.17. The number of carbonyl (C=O) groups is 1. The van der Waals surface area contributed by atoms with E-state index in [0.29, 0.717) is 24.6 Å². The second-order valence-electron chi connectivity index (χ2n) is 6.66. The summed E-state index contributed by atoms with van der Waals surface area (Å²) in [5.74, 6) is -0.715. The Morgan fingerprint density at radius 2 is 2.00 bits per heavy atom. The fraction of sp³-hybridized carbons (Fsp3) is 0.316. The topological polar surface area (TPSA) is 115 Å². The summed E-state index contributed by atoms with van der Waals surface area (Å²) in [7, 11) is 0. The van der Waals surface area contributed by atoms with Crippen molar-refractivity contribution in [2.24, 2.45) is 0 Å². The molecule has 29 heavy (non-hydrogen) atoms. The predicted molar refractivity (Wildman–Crippen MR) is 102 cm³/mol. The summed E-state index contributed by atoms with van der Waals surface area (Å²) in [6.07, 6.45) is 5.71. The van der Waals surface area contributed by atoms with E-state index in [2.05, 4.69) is 25.3 Å². The number of rotatable bonds is 5. The molecule has 10 heteroatoms. The monoisotopic (exact) mass is 398 g/mol. The molecule has 9 nitrogen and oxygen atoms in total. The lowest BCUT2D eigenvalue weighted by atomic mass is 10.1. The number of anilines is 2. The molecule has 1 aliphatic rings. The maximum Gasteiger partial charge on any atom is 0.354 e. The SMILES string of the molecule is Cc1ncc(-c2nc(Nc3ccc(C(=O)O)nc3)ncc2F)n1C1CCOCC1. The molecule has 0 spiro atoms. The molecule has 0 atom stereocenters. The number of hydrogen-bond donors (Lipinski definition) is 2. The van der Waals surface area contributed by atoms with E-state index in [9.17, 15) is 9.18 Å². The van der Waals surface area contributed by atoms with Crippen LogP contribution in [0.25, 0.3) is 11.4 Å². The van der Waals surface area contributed by atoms with Crippen molar-refractivity contribution in [1.82, 2.24) is 24.5 Å². The highest BCUT2D eigenvalue weighted by atomic mass is 19.1. The third kappa shape index (κ3) is 3.92. The molecule has 2 N–H and O–H groups in total. The molecule has 1 fully saturated rings. The van der Waals surface area contributed by atoms with Crippen molar-refractivity contribution in [2.75, 3.05) is 18.5 Å². The van der Waals surface area contributed by atoms with Gasteiger partial charge >= 0.3 is 5.97 Å². The predicted octanol–water partition coefficient (Wildman–Crippen LogP) is 2.98. The zero-order chi connectivity index (χ0) is 20.4. The van der Waals surface area contributed by atoms with Crippen LogP contribution >= 0.6 is 0 Å². The summed E-state index contributed by atoms with van der Waals surface area (Å²) >= 11 is 0. The van der Waals surface area contributed by atoms with Crippen LogP contribution in [0.1, 0.15) is 35.2 Å². The third-order valence-corrected chi connectivity index (χ3v) is 4.76. The summed E-state index contributed by atoms with van der Waals surface area (Å²) in [5.41, 5.74) is 1.13. The number of aromatic carboxylic acids is 1. The minimum absolute atomic E-state index is 0.0768. The molecule has 3 aromatic heterocycles. The highest BCUT2D eigenvalue weighted by molar-refractivity contribution is 5.85. The molecule has 4 rings (SSSR count). The van der Waals surface area contributed by atoms with E-state index < -0.39 is 11.8 Å². The quantitative estimate of drug-likeness (QED) is 0.674. The van der Waals surface area contributed by atoms with Gasteiger partial charge in [-0.05, 0) is 31.9 Å². The molecule has 4 heterocycles. The zero-order valence-corrected chi connectivity index (χ0v) is 15.7. The number of nitrogens with zero attached hydrogens (tertiary/aromatic N) is 5. The molecule has 1 aliphatic heterocycles. The standard InChI is InChI=1S/C19H19FN6O3/c1-11-21-10-16(26(11)13-4-6-29-7-5-13)17-14(20)9-23-19(25-17)24-12-2-3-15(18(27)28)22-8-12/h2-3,8-10,13H,4-7H2,1H3,(H,27,28)(H,23,24,25). The van der Waals surface area contributed by atoms with Crippen molar-refractivity contribution >= 4 is 17.6 Å². The van der Waals surface area contributed by atoms with Crippen LogP contribution in [0, 0.1) is 12.7 Å². The smallest absolute Gasteiger partial charge is 0.354 e. The number of pyridine rings is 1. The number of carboxylic acid groups (broad SMARTS) is 1. The molecule has 0 radical (unpaired) electrons. The van der Waals surface area contributed by atoms with Crippen molar-refractivity contribution in [3.05, 3.63) is 48.1 Å². The summed E-state index contributed by atoms with van der Waals surface area (Å²) in [5, 5.41) is 11.8. The molecule has 3 aromatic rings. The summed E-state index contributed by atoms with van der Waals surface area (Å²) in [6, 6.07) is 3.07. The van der Waals surface area contributed by atoms with Gasteiger partial charge < -0.3 is 19.7 Å². The fourth-order valence-electron chi connectivity index (χ4n) is 3.36. The zero-order valence-electron chi connectivity index (χ0n) is 15.7. The molecule has 0 aliphatic carbocycles. The van der Waals surface area contributed by atoms with Crippen molar-refractivity contribution in [3.8, 4) is 11.4 Å². The van der Waals surface area contributed by atoms with E-state index in [0.717, 1.165) is 24.9 Å². The molecule has 1 saturated heterocycles. The first-order valence-electron chi connectivity index (χ1n) is 9.14. The third-order valence-electron chi connectivity index (χ3n) is 4.76. The molecule has 0 bridgehead atoms. The number of aromatic nitrogens is 5. The van der Waals surface area contributed by atoms with Crippen LogP contribution in [0.15, 0.2) is 30.7 Å². The number of carboxylic acids is 1. The lowest BCUT2D eigenvalue weighted by Crippen LogP contribution is -2.21. The highest BCUT2D eigenvalue weighted by Crippen LogP contribution is 2.30.